The van der Waals surface area contributed by atoms with Gasteiger partial charge in [0.15, 0.2) is 17.5 Å². The van der Waals surface area contributed by atoms with Gasteiger partial charge in [0.05, 0.1) is 0 Å². The Morgan fingerprint density at radius 2 is 1.60 bits per heavy atom. The van der Waals surface area contributed by atoms with E-state index in [1.54, 1.807) is 0 Å². The molecule has 0 bridgehead atoms. The van der Waals surface area contributed by atoms with Crippen LogP contribution in [0.1, 0.15) is 18.9 Å². The zero-order chi connectivity index (χ0) is 14.5. The normalized spacial score (nSPS) is 12.2. The predicted octanol–water partition coefficient (Wildman–Crippen LogP) is 4.54. The minimum atomic E-state index is -1.44. The molecule has 0 saturated heterocycles. The summed E-state index contributed by atoms with van der Waals surface area (Å²) in [5.41, 5.74) is 1.39. The summed E-state index contributed by atoms with van der Waals surface area (Å²) >= 11 is 0. The molecule has 2 aromatic rings. The van der Waals surface area contributed by atoms with E-state index in [-0.39, 0.29) is 11.7 Å². The van der Waals surface area contributed by atoms with Crippen molar-refractivity contribution >= 4 is 5.69 Å². The Labute approximate surface area is 116 Å². The van der Waals surface area contributed by atoms with Crippen LogP contribution in [0.3, 0.4) is 0 Å². The second-order valence-corrected chi connectivity index (χ2v) is 4.69. The molecule has 0 amide bonds. The van der Waals surface area contributed by atoms with Gasteiger partial charge in [-0.3, -0.25) is 0 Å². The molecule has 1 unspecified atom stereocenters. The van der Waals surface area contributed by atoms with Crippen molar-refractivity contribution in [3.8, 4) is 0 Å². The van der Waals surface area contributed by atoms with Crippen LogP contribution in [0.4, 0.5) is 18.9 Å². The van der Waals surface area contributed by atoms with Crippen molar-refractivity contribution in [2.24, 2.45) is 0 Å². The zero-order valence-corrected chi connectivity index (χ0v) is 11.2. The average Bonchev–Trinajstić information content (AvgIpc) is 2.45. The first-order valence-electron chi connectivity index (χ1n) is 6.55. The third-order valence-electron chi connectivity index (χ3n) is 3.17. The highest BCUT2D eigenvalue weighted by Gasteiger charge is 2.13. The Hall–Kier alpha value is -1.97. The molecular formula is C16H16F3N. The van der Waals surface area contributed by atoms with Gasteiger partial charge in [-0.2, -0.15) is 0 Å². The van der Waals surface area contributed by atoms with Gasteiger partial charge in [-0.25, -0.2) is 13.2 Å². The van der Waals surface area contributed by atoms with Crippen LogP contribution >= 0.6 is 0 Å². The summed E-state index contributed by atoms with van der Waals surface area (Å²) in [6, 6.07) is 11.8. The van der Waals surface area contributed by atoms with Crippen molar-refractivity contribution in [1.82, 2.24) is 0 Å². The van der Waals surface area contributed by atoms with Gasteiger partial charge < -0.3 is 5.32 Å². The molecule has 1 nitrogen and oxygen atoms in total. The molecule has 4 heteroatoms. The Bertz CT molecular complexity index is 546. The van der Waals surface area contributed by atoms with E-state index in [0.717, 1.165) is 30.5 Å². The fourth-order valence-corrected chi connectivity index (χ4v) is 2.07. The molecule has 2 rings (SSSR count). The van der Waals surface area contributed by atoms with E-state index < -0.39 is 17.5 Å². The summed E-state index contributed by atoms with van der Waals surface area (Å²) < 4.78 is 39.2. The van der Waals surface area contributed by atoms with E-state index in [4.69, 9.17) is 0 Å². The van der Waals surface area contributed by atoms with Crippen LogP contribution in [0.2, 0.25) is 0 Å². The molecule has 0 spiro atoms. The third-order valence-corrected chi connectivity index (χ3v) is 3.17. The van der Waals surface area contributed by atoms with Gasteiger partial charge in [-0.05, 0) is 18.4 Å². The van der Waals surface area contributed by atoms with E-state index in [0.29, 0.717) is 0 Å². The lowest BCUT2D eigenvalue weighted by Crippen LogP contribution is -2.21. The van der Waals surface area contributed by atoms with Gasteiger partial charge in [0, 0.05) is 23.9 Å². The molecule has 0 radical (unpaired) electrons. The highest BCUT2D eigenvalue weighted by molar-refractivity contribution is 5.45. The minimum absolute atomic E-state index is 0.0293. The van der Waals surface area contributed by atoms with Crippen LogP contribution in [-0.2, 0) is 6.42 Å². The SMILES string of the molecule is CCC(Cc1ccccc1)Nc1cc(F)c(F)c(F)c1. The standard InChI is InChI=1S/C16H16F3N/c1-2-12(8-11-6-4-3-5-7-11)20-13-9-14(17)16(19)15(18)10-13/h3-7,9-10,12,20H,2,8H2,1H3. The summed E-state index contributed by atoms with van der Waals surface area (Å²) in [6.07, 6.45) is 1.52. The van der Waals surface area contributed by atoms with Gasteiger partial charge in [-0.15, -0.1) is 0 Å². The molecule has 1 atom stereocenters. The molecule has 0 aromatic heterocycles. The van der Waals surface area contributed by atoms with Crippen molar-refractivity contribution in [3.63, 3.8) is 0 Å². The molecular weight excluding hydrogens is 263 g/mol. The van der Waals surface area contributed by atoms with Crippen LogP contribution in [-0.4, -0.2) is 6.04 Å². The molecule has 0 aliphatic heterocycles. The Kier molecular flexibility index (Phi) is 4.66. The van der Waals surface area contributed by atoms with Crippen LogP contribution in [0.25, 0.3) is 0 Å². The molecule has 0 aliphatic rings. The molecule has 1 N–H and O–H groups in total. The van der Waals surface area contributed by atoms with Crippen LogP contribution < -0.4 is 5.32 Å². The maximum Gasteiger partial charge on any atom is 0.194 e. The Morgan fingerprint density at radius 3 is 2.15 bits per heavy atom. The van der Waals surface area contributed by atoms with Crippen LogP contribution in [0.5, 0.6) is 0 Å². The lowest BCUT2D eigenvalue weighted by molar-refractivity contribution is 0.447. The largest absolute Gasteiger partial charge is 0.382 e. The quantitative estimate of drug-likeness (QED) is 0.792. The lowest BCUT2D eigenvalue weighted by atomic mass is 10.0. The first-order chi connectivity index (χ1) is 9.60. The highest BCUT2D eigenvalue weighted by Crippen LogP contribution is 2.19. The topological polar surface area (TPSA) is 12.0 Å². The number of benzene rings is 2. The van der Waals surface area contributed by atoms with Crippen LogP contribution in [0, 0.1) is 17.5 Å². The first-order valence-corrected chi connectivity index (χ1v) is 6.55. The van der Waals surface area contributed by atoms with E-state index in [2.05, 4.69) is 5.32 Å². The predicted molar refractivity (Wildman–Crippen MR) is 74.2 cm³/mol. The molecule has 2 aromatic carbocycles. The van der Waals surface area contributed by atoms with Crippen molar-refractivity contribution in [3.05, 3.63) is 65.5 Å². The van der Waals surface area contributed by atoms with Crippen LogP contribution in [0.15, 0.2) is 42.5 Å². The summed E-state index contributed by atoms with van der Waals surface area (Å²) in [6.45, 7) is 1.98. The molecule has 106 valence electrons. The Morgan fingerprint density at radius 1 is 1.00 bits per heavy atom. The van der Waals surface area contributed by atoms with Crippen molar-refractivity contribution < 1.29 is 13.2 Å². The van der Waals surface area contributed by atoms with Crippen molar-refractivity contribution in [2.75, 3.05) is 5.32 Å². The number of hydrogen-bond donors (Lipinski definition) is 1. The monoisotopic (exact) mass is 279 g/mol. The summed E-state index contributed by atoms with van der Waals surface area (Å²) in [5, 5.41) is 3.04. The van der Waals surface area contributed by atoms with Gasteiger partial charge in [0.1, 0.15) is 0 Å². The van der Waals surface area contributed by atoms with E-state index in [1.807, 2.05) is 37.3 Å². The van der Waals surface area contributed by atoms with Crippen molar-refractivity contribution in [1.29, 1.82) is 0 Å². The number of halogens is 3. The summed E-state index contributed by atoms with van der Waals surface area (Å²) in [7, 11) is 0. The lowest BCUT2D eigenvalue weighted by Gasteiger charge is -2.18. The summed E-state index contributed by atoms with van der Waals surface area (Å²) in [4.78, 5) is 0. The highest BCUT2D eigenvalue weighted by atomic mass is 19.2. The van der Waals surface area contributed by atoms with E-state index in [9.17, 15) is 13.2 Å². The first kappa shape index (κ1) is 14.4. The second kappa shape index (κ2) is 6.46. The van der Waals surface area contributed by atoms with Gasteiger partial charge >= 0.3 is 0 Å². The van der Waals surface area contributed by atoms with Gasteiger partial charge in [0.2, 0.25) is 0 Å². The molecule has 0 aliphatic carbocycles. The fraction of sp³-hybridized carbons (Fsp3) is 0.250. The molecule has 0 heterocycles. The minimum Gasteiger partial charge on any atom is -0.382 e. The smallest absolute Gasteiger partial charge is 0.194 e. The number of rotatable bonds is 5. The maximum absolute atomic E-state index is 13.2. The molecule has 20 heavy (non-hydrogen) atoms. The molecule has 0 fully saturated rings. The average molecular weight is 279 g/mol. The van der Waals surface area contributed by atoms with E-state index in [1.165, 1.54) is 0 Å². The second-order valence-electron chi connectivity index (χ2n) is 4.69. The number of nitrogens with one attached hydrogen (secondary N) is 1. The van der Waals surface area contributed by atoms with Gasteiger partial charge in [-0.1, -0.05) is 37.3 Å². The number of hydrogen-bond acceptors (Lipinski definition) is 1. The number of anilines is 1. The van der Waals surface area contributed by atoms with E-state index >= 15 is 0 Å². The molecule has 0 saturated carbocycles. The summed E-state index contributed by atoms with van der Waals surface area (Å²) in [5.74, 6) is -3.80. The zero-order valence-electron chi connectivity index (χ0n) is 11.2. The third kappa shape index (κ3) is 3.53. The fourth-order valence-electron chi connectivity index (χ4n) is 2.07. The van der Waals surface area contributed by atoms with Gasteiger partial charge in [0.25, 0.3) is 0 Å². The van der Waals surface area contributed by atoms with Crippen molar-refractivity contribution in [2.45, 2.75) is 25.8 Å². The Balaban J connectivity index is 2.10. The maximum atomic E-state index is 13.2.